The maximum Gasteiger partial charge on any atom is 0.238 e. The van der Waals surface area contributed by atoms with Crippen molar-refractivity contribution in [2.24, 2.45) is 0 Å². The van der Waals surface area contributed by atoms with Gasteiger partial charge in [-0.15, -0.1) is 11.8 Å². The first kappa shape index (κ1) is 19.4. The largest absolute Gasteiger partial charge is 0.326 e. The summed E-state index contributed by atoms with van der Waals surface area (Å²) < 4.78 is 14.5. The molecule has 1 heterocycles. The third kappa shape index (κ3) is 4.33. The van der Waals surface area contributed by atoms with Crippen LogP contribution in [0.2, 0.25) is 0 Å². The molecule has 1 aliphatic rings. The summed E-state index contributed by atoms with van der Waals surface area (Å²) in [6, 6.07) is 12.2. The molecule has 0 saturated carbocycles. The number of rotatable bonds is 6. The predicted octanol–water partition coefficient (Wildman–Crippen LogP) is 5.04. The molecular weight excluding hydrogens is 363 g/mol. The van der Waals surface area contributed by atoms with Gasteiger partial charge in [0.2, 0.25) is 11.8 Å². The number of thioether (sulfide) groups is 1. The van der Waals surface area contributed by atoms with Crippen LogP contribution in [0.1, 0.15) is 42.7 Å². The highest BCUT2D eigenvalue weighted by Crippen LogP contribution is 2.45. The van der Waals surface area contributed by atoms with Crippen LogP contribution in [-0.2, 0) is 9.59 Å². The number of hydrogen-bond donors (Lipinski definition) is 1. The lowest BCUT2D eigenvalue weighted by molar-refractivity contribution is -0.116. The molecule has 1 atom stereocenters. The standard InChI is InChI=1S/C21H23FN2O2S/c1-3-4-9-19(25)23-17-8-6-5-7-15(17)21-24(20(26)13-27-21)18-12-14(2)10-11-16(18)22/h5-8,10-12,21H,3-4,9,13H2,1-2H3,(H,23,25). The average Bonchev–Trinajstić information content (AvgIpc) is 3.03. The topological polar surface area (TPSA) is 49.4 Å². The van der Waals surface area contributed by atoms with E-state index < -0.39 is 5.82 Å². The number of carbonyl (C=O) groups excluding carboxylic acids is 2. The van der Waals surface area contributed by atoms with Crippen LogP contribution < -0.4 is 10.2 Å². The first-order chi connectivity index (χ1) is 13.0. The Morgan fingerprint density at radius 1 is 1.30 bits per heavy atom. The maximum absolute atomic E-state index is 14.5. The van der Waals surface area contributed by atoms with Gasteiger partial charge in [0.1, 0.15) is 11.2 Å². The molecular formula is C21H23FN2O2S. The van der Waals surface area contributed by atoms with Gasteiger partial charge in [-0.25, -0.2) is 4.39 Å². The molecule has 2 amide bonds. The first-order valence-corrected chi connectivity index (χ1v) is 10.1. The lowest BCUT2D eigenvalue weighted by atomic mass is 10.1. The summed E-state index contributed by atoms with van der Waals surface area (Å²) in [5.74, 6) is -0.338. The van der Waals surface area contributed by atoms with E-state index >= 15 is 0 Å². The van der Waals surface area contributed by atoms with Gasteiger partial charge in [0.05, 0.1) is 11.4 Å². The van der Waals surface area contributed by atoms with Crippen molar-refractivity contribution in [3.63, 3.8) is 0 Å². The van der Waals surface area contributed by atoms with Gasteiger partial charge in [0.15, 0.2) is 0 Å². The number of amides is 2. The van der Waals surface area contributed by atoms with E-state index in [1.165, 1.54) is 22.7 Å². The molecule has 4 nitrogen and oxygen atoms in total. The molecule has 1 fully saturated rings. The molecule has 2 aromatic rings. The SMILES string of the molecule is CCCCC(=O)Nc1ccccc1C1SCC(=O)N1c1cc(C)ccc1F. The fourth-order valence-corrected chi connectivity index (χ4v) is 4.30. The van der Waals surface area contributed by atoms with E-state index in [0.717, 1.165) is 24.0 Å². The number of halogens is 1. The molecule has 0 radical (unpaired) electrons. The Morgan fingerprint density at radius 3 is 2.85 bits per heavy atom. The number of anilines is 2. The van der Waals surface area contributed by atoms with E-state index in [4.69, 9.17) is 0 Å². The molecule has 0 aliphatic carbocycles. The smallest absolute Gasteiger partial charge is 0.238 e. The normalized spacial score (nSPS) is 16.6. The van der Waals surface area contributed by atoms with Crippen molar-refractivity contribution in [3.8, 4) is 0 Å². The number of para-hydroxylation sites is 1. The Balaban J connectivity index is 1.94. The number of nitrogens with zero attached hydrogens (tertiary/aromatic N) is 1. The van der Waals surface area contributed by atoms with Crippen molar-refractivity contribution in [2.75, 3.05) is 16.0 Å². The average molecular weight is 386 g/mol. The van der Waals surface area contributed by atoms with E-state index in [0.29, 0.717) is 12.1 Å². The molecule has 142 valence electrons. The van der Waals surface area contributed by atoms with Crippen molar-refractivity contribution < 1.29 is 14.0 Å². The summed E-state index contributed by atoms with van der Waals surface area (Å²) in [7, 11) is 0. The van der Waals surface area contributed by atoms with Gasteiger partial charge in [-0.1, -0.05) is 37.6 Å². The van der Waals surface area contributed by atoms with Gasteiger partial charge in [-0.2, -0.15) is 0 Å². The van der Waals surface area contributed by atoms with Crippen molar-refractivity contribution >= 4 is 35.0 Å². The number of hydrogen-bond acceptors (Lipinski definition) is 3. The summed E-state index contributed by atoms with van der Waals surface area (Å²) in [6.45, 7) is 3.91. The van der Waals surface area contributed by atoms with E-state index in [2.05, 4.69) is 5.32 Å². The number of nitrogens with one attached hydrogen (secondary N) is 1. The molecule has 0 bridgehead atoms. The minimum Gasteiger partial charge on any atom is -0.326 e. The maximum atomic E-state index is 14.5. The molecule has 1 aliphatic heterocycles. The zero-order chi connectivity index (χ0) is 19.4. The predicted molar refractivity (Wildman–Crippen MR) is 108 cm³/mol. The van der Waals surface area contributed by atoms with E-state index in [1.807, 2.05) is 38.1 Å². The van der Waals surface area contributed by atoms with Gasteiger partial charge in [-0.05, 0) is 37.1 Å². The number of unbranched alkanes of at least 4 members (excludes halogenated alkanes) is 1. The van der Waals surface area contributed by atoms with Gasteiger partial charge in [-0.3, -0.25) is 14.5 Å². The minimum absolute atomic E-state index is 0.0492. The monoisotopic (exact) mass is 386 g/mol. The van der Waals surface area contributed by atoms with Gasteiger partial charge < -0.3 is 5.32 Å². The van der Waals surface area contributed by atoms with Crippen molar-refractivity contribution in [1.29, 1.82) is 0 Å². The molecule has 0 spiro atoms. The molecule has 1 saturated heterocycles. The zero-order valence-corrected chi connectivity index (χ0v) is 16.3. The second kappa shape index (κ2) is 8.57. The van der Waals surface area contributed by atoms with Crippen LogP contribution in [0.4, 0.5) is 15.8 Å². The Bertz CT molecular complexity index is 856. The lowest BCUT2D eigenvalue weighted by Gasteiger charge is -2.26. The highest BCUT2D eigenvalue weighted by molar-refractivity contribution is 8.00. The van der Waals surface area contributed by atoms with Crippen LogP contribution in [0, 0.1) is 12.7 Å². The Labute approximate surface area is 163 Å². The molecule has 6 heteroatoms. The van der Waals surface area contributed by atoms with Crippen molar-refractivity contribution in [3.05, 3.63) is 59.4 Å². The fourth-order valence-electron chi connectivity index (χ4n) is 3.10. The lowest BCUT2D eigenvalue weighted by Crippen LogP contribution is -2.29. The molecule has 27 heavy (non-hydrogen) atoms. The number of aryl methyl sites for hydroxylation is 1. The van der Waals surface area contributed by atoms with Crippen molar-refractivity contribution in [2.45, 2.75) is 38.5 Å². The molecule has 3 rings (SSSR count). The Morgan fingerprint density at radius 2 is 2.07 bits per heavy atom. The number of carbonyl (C=O) groups is 2. The van der Waals surface area contributed by atoms with E-state index in [-0.39, 0.29) is 28.6 Å². The van der Waals surface area contributed by atoms with Crippen LogP contribution in [-0.4, -0.2) is 17.6 Å². The van der Waals surface area contributed by atoms with Crippen LogP contribution in [0.25, 0.3) is 0 Å². The third-order valence-corrected chi connectivity index (χ3v) is 5.68. The second-order valence-corrected chi connectivity index (χ2v) is 7.69. The van der Waals surface area contributed by atoms with Crippen LogP contribution in [0.5, 0.6) is 0 Å². The quantitative estimate of drug-likeness (QED) is 0.756. The highest BCUT2D eigenvalue weighted by Gasteiger charge is 2.36. The van der Waals surface area contributed by atoms with Crippen LogP contribution in [0.15, 0.2) is 42.5 Å². The molecule has 0 aromatic heterocycles. The zero-order valence-electron chi connectivity index (χ0n) is 15.5. The van der Waals surface area contributed by atoms with E-state index in [9.17, 15) is 14.0 Å². The summed E-state index contributed by atoms with van der Waals surface area (Å²) in [5.41, 5.74) is 2.64. The van der Waals surface area contributed by atoms with E-state index in [1.54, 1.807) is 12.1 Å². The van der Waals surface area contributed by atoms with Gasteiger partial charge in [0, 0.05) is 17.7 Å². The summed E-state index contributed by atoms with van der Waals surface area (Å²) in [4.78, 5) is 26.2. The minimum atomic E-state index is -0.425. The summed E-state index contributed by atoms with van der Waals surface area (Å²) in [5, 5.41) is 2.57. The first-order valence-electron chi connectivity index (χ1n) is 9.10. The Kier molecular flexibility index (Phi) is 6.16. The summed E-state index contributed by atoms with van der Waals surface area (Å²) >= 11 is 1.44. The fraction of sp³-hybridized carbons (Fsp3) is 0.333. The van der Waals surface area contributed by atoms with Crippen LogP contribution in [0.3, 0.4) is 0 Å². The molecule has 1 N–H and O–H groups in total. The molecule has 2 aromatic carbocycles. The van der Waals surface area contributed by atoms with Gasteiger partial charge >= 0.3 is 0 Å². The number of benzene rings is 2. The second-order valence-electron chi connectivity index (χ2n) is 6.62. The Hall–Kier alpha value is -2.34. The molecule has 1 unspecified atom stereocenters. The van der Waals surface area contributed by atoms with Gasteiger partial charge in [0.25, 0.3) is 0 Å². The summed E-state index contributed by atoms with van der Waals surface area (Å²) in [6.07, 6.45) is 2.23. The van der Waals surface area contributed by atoms with Crippen molar-refractivity contribution in [1.82, 2.24) is 0 Å². The van der Waals surface area contributed by atoms with Crippen LogP contribution >= 0.6 is 11.8 Å². The third-order valence-electron chi connectivity index (χ3n) is 4.49. The highest BCUT2D eigenvalue weighted by atomic mass is 32.2.